The quantitative estimate of drug-likeness (QED) is 0.925. The van der Waals surface area contributed by atoms with E-state index in [-0.39, 0.29) is 12.0 Å². The topological polar surface area (TPSA) is 38.3 Å². The zero-order valence-electron chi connectivity index (χ0n) is 11.5. The maximum atomic E-state index is 12.1. The molecule has 1 amide bonds. The Kier molecular flexibility index (Phi) is 4.58. The first-order valence-electron chi connectivity index (χ1n) is 6.96. The average Bonchev–Trinajstić information content (AvgIpc) is 3.17. The Balaban J connectivity index is 1.63. The first-order chi connectivity index (χ1) is 10.2. The van der Waals surface area contributed by atoms with Gasteiger partial charge in [-0.05, 0) is 47.5 Å². The van der Waals surface area contributed by atoms with Crippen molar-refractivity contribution < 1.29 is 9.53 Å². The highest BCUT2D eigenvalue weighted by molar-refractivity contribution is 7.12. The number of carbonyl (C=O) groups excluding carboxylic acids is 1. The van der Waals surface area contributed by atoms with E-state index in [0.29, 0.717) is 11.6 Å². The van der Waals surface area contributed by atoms with Crippen LogP contribution in [0.3, 0.4) is 0 Å². The molecule has 1 N–H and O–H groups in total. The van der Waals surface area contributed by atoms with Crippen molar-refractivity contribution in [2.24, 2.45) is 0 Å². The zero-order valence-corrected chi connectivity index (χ0v) is 13.0. The van der Waals surface area contributed by atoms with Crippen molar-refractivity contribution in [1.29, 1.82) is 0 Å². The van der Waals surface area contributed by atoms with Gasteiger partial charge in [-0.3, -0.25) is 4.79 Å². The second-order valence-corrected chi connectivity index (χ2v) is 6.40. The van der Waals surface area contributed by atoms with Gasteiger partial charge in [-0.1, -0.05) is 23.7 Å². The van der Waals surface area contributed by atoms with Crippen LogP contribution in [0.1, 0.15) is 22.5 Å². The molecular formula is C16H16ClNO2S. The summed E-state index contributed by atoms with van der Waals surface area (Å²) in [6.07, 6.45) is 2.28. The van der Waals surface area contributed by atoms with Crippen molar-refractivity contribution in [2.45, 2.75) is 18.9 Å². The summed E-state index contributed by atoms with van der Waals surface area (Å²) in [4.78, 5) is 12.8. The first-order valence-corrected chi connectivity index (χ1v) is 8.22. The molecule has 110 valence electrons. The molecule has 0 bridgehead atoms. The van der Waals surface area contributed by atoms with E-state index in [9.17, 15) is 4.79 Å². The van der Waals surface area contributed by atoms with Crippen LogP contribution in [0.2, 0.25) is 5.02 Å². The number of ether oxygens (including phenoxy) is 1. The maximum absolute atomic E-state index is 12.1. The van der Waals surface area contributed by atoms with Crippen LogP contribution in [0, 0.1) is 0 Å². The Morgan fingerprint density at radius 2 is 2.14 bits per heavy atom. The summed E-state index contributed by atoms with van der Waals surface area (Å²) in [5.74, 6) is -0.0317. The van der Waals surface area contributed by atoms with Crippen molar-refractivity contribution in [1.82, 2.24) is 5.32 Å². The zero-order chi connectivity index (χ0) is 14.7. The number of halogens is 1. The third-order valence-electron chi connectivity index (χ3n) is 3.52. The molecule has 1 fully saturated rings. The van der Waals surface area contributed by atoms with Gasteiger partial charge in [0.2, 0.25) is 0 Å². The number of benzene rings is 1. The lowest BCUT2D eigenvalue weighted by Gasteiger charge is -2.09. The second kappa shape index (κ2) is 6.60. The SMILES string of the molecule is O=C(NC[C@@H]1CCCO1)c1cc(-c2ccc(Cl)cc2)cs1. The maximum Gasteiger partial charge on any atom is 0.261 e. The van der Waals surface area contributed by atoms with E-state index in [1.807, 2.05) is 35.7 Å². The summed E-state index contributed by atoms with van der Waals surface area (Å²) >= 11 is 7.34. The monoisotopic (exact) mass is 321 g/mol. The van der Waals surface area contributed by atoms with Crippen molar-refractivity contribution in [2.75, 3.05) is 13.2 Å². The molecule has 1 atom stereocenters. The second-order valence-electron chi connectivity index (χ2n) is 5.05. The molecule has 2 aromatic rings. The van der Waals surface area contributed by atoms with Gasteiger partial charge in [0.05, 0.1) is 11.0 Å². The van der Waals surface area contributed by atoms with Crippen molar-refractivity contribution in [3.05, 3.63) is 45.6 Å². The summed E-state index contributed by atoms with van der Waals surface area (Å²) in [6.45, 7) is 1.40. The largest absolute Gasteiger partial charge is 0.376 e. The third-order valence-corrected chi connectivity index (χ3v) is 4.70. The number of nitrogens with one attached hydrogen (secondary N) is 1. The minimum absolute atomic E-state index is 0.0317. The fourth-order valence-corrected chi connectivity index (χ4v) is 3.31. The predicted molar refractivity (Wildman–Crippen MR) is 86.1 cm³/mol. The third kappa shape index (κ3) is 3.64. The van der Waals surface area contributed by atoms with Gasteiger partial charge in [0, 0.05) is 18.2 Å². The highest BCUT2D eigenvalue weighted by atomic mass is 35.5. The lowest BCUT2D eigenvalue weighted by Crippen LogP contribution is -2.31. The molecule has 2 heterocycles. The van der Waals surface area contributed by atoms with Gasteiger partial charge in [0.1, 0.15) is 0 Å². The fraction of sp³-hybridized carbons (Fsp3) is 0.312. The molecule has 1 aliphatic heterocycles. The molecule has 21 heavy (non-hydrogen) atoms. The molecule has 0 aliphatic carbocycles. The summed E-state index contributed by atoms with van der Waals surface area (Å²) in [7, 11) is 0. The summed E-state index contributed by atoms with van der Waals surface area (Å²) in [5.41, 5.74) is 2.10. The Labute approximate surface area is 132 Å². The Morgan fingerprint density at radius 1 is 1.33 bits per heavy atom. The number of hydrogen-bond donors (Lipinski definition) is 1. The molecule has 0 saturated carbocycles. The van der Waals surface area contributed by atoms with E-state index in [1.54, 1.807) is 0 Å². The van der Waals surface area contributed by atoms with Crippen LogP contribution in [-0.2, 0) is 4.74 Å². The van der Waals surface area contributed by atoms with E-state index in [2.05, 4.69) is 5.32 Å². The number of thiophene rings is 1. The molecular weight excluding hydrogens is 306 g/mol. The van der Waals surface area contributed by atoms with Crippen LogP contribution in [0.25, 0.3) is 11.1 Å². The van der Waals surface area contributed by atoms with E-state index in [1.165, 1.54) is 11.3 Å². The fourth-order valence-electron chi connectivity index (χ4n) is 2.35. The van der Waals surface area contributed by atoms with Crippen LogP contribution in [0.4, 0.5) is 0 Å². The minimum Gasteiger partial charge on any atom is -0.376 e. The lowest BCUT2D eigenvalue weighted by molar-refractivity contribution is 0.0861. The Bertz CT molecular complexity index is 617. The molecule has 1 saturated heterocycles. The van der Waals surface area contributed by atoms with Crippen LogP contribution in [0.5, 0.6) is 0 Å². The van der Waals surface area contributed by atoms with Gasteiger partial charge in [0.15, 0.2) is 0 Å². The Morgan fingerprint density at radius 3 is 2.86 bits per heavy atom. The molecule has 1 aromatic carbocycles. The van der Waals surface area contributed by atoms with E-state index in [4.69, 9.17) is 16.3 Å². The van der Waals surface area contributed by atoms with Gasteiger partial charge in [-0.2, -0.15) is 0 Å². The van der Waals surface area contributed by atoms with Crippen LogP contribution < -0.4 is 5.32 Å². The Hall–Kier alpha value is -1.36. The molecule has 0 radical (unpaired) electrons. The molecule has 1 aliphatic rings. The summed E-state index contributed by atoms with van der Waals surface area (Å²) < 4.78 is 5.50. The van der Waals surface area contributed by atoms with Crippen molar-refractivity contribution >= 4 is 28.8 Å². The summed E-state index contributed by atoms with van der Waals surface area (Å²) in [6, 6.07) is 9.53. The van der Waals surface area contributed by atoms with Crippen LogP contribution in [-0.4, -0.2) is 25.2 Å². The smallest absolute Gasteiger partial charge is 0.261 e. The van der Waals surface area contributed by atoms with Gasteiger partial charge in [-0.15, -0.1) is 11.3 Å². The van der Waals surface area contributed by atoms with Crippen LogP contribution in [0.15, 0.2) is 35.7 Å². The molecule has 3 nitrogen and oxygen atoms in total. The highest BCUT2D eigenvalue weighted by Crippen LogP contribution is 2.26. The predicted octanol–water partition coefficient (Wildman–Crippen LogP) is 3.98. The van der Waals surface area contributed by atoms with E-state index in [0.717, 1.165) is 35.5 Å². The van der Waals surface area contributed by atoms with Crippen molar-refractivity contribution in [3.8, 4) is 11.1 Å². The standard InChI is InChI=1S/C16H16ClNO2S/c17-13-5-3-11(4-6-13)12-8-15(21-10-12)16(19)18-9-14-2-1-7-20-14/h3-6,8,10,14H,1-2,7,9H2,(H,18,19)/t14-/m0/s1. The number of amides is 1. The molecule has 3 rings (SSSR count). The molecule has 1 aromatic heterocycles. The number of hydrogen-bond acceptors (Lipinski definition) is 3. The molecule has 0 unspecified atom stereocenters. The number of rotatable bonds is 4. The van der Waals surface area contributed by atoms with E-state index < -0.39 is 0 Å². The van der Waals surface area contributed by atoms with Gasteiger partial charge < -0.3 is 10.1 Å². The highest BCUT2D eigenvalue weighted by Gasteiger charge is 2.17. The molecule has 5 heteroatoms. The normalized spacial score (nSPS) is 17.9. The van der Waals surface area contributed by atoms with E-state index >= 15 is 0 Å². The van der Waals surface area contributed by atoms with Gasteiger partial charge >= 0.3 is 0 Å². The van der Waals surface area contributed by atoms with Gasteiger partial charge in [0.25, 0.3) is 5.91 Å². The van der Waals surface area contributed by atoms with Gasteiger partial charge in [-0.25, -0.2) is 0 Å². The van der Waals surface area contributed by atoms with Crippen LogP contribution >= 0.6 is 22.9 Å². The lowest BCUT2D eigenvalue weighted by atomic mass is 10.1. The van der Waals surface area contributed by atoms with Crippen molar-refractivity contribution in [3.63, 3.8) is 0 Å². The summed E-state index contributed by atoms with van der Waals surface area (Å²) in [5, 5.41) is 5.64. The number of carbonyl (C=O) groups is 1. The molecule has 0 spiro atoms. The minimum atomic E-state index is -0.0317. The average molecular weight is 322 g/mol. The first kappa shape index (κ1) is 14.6.